The molecule has 0 N–H and O–H groups in total. The summed E-state index contributed by atoms with van der Waals surface area (Å²) in [6, 6.07) is 17.8. The molecule has 0 amide bonds. The quantitative estimate of drug-likeness (QED) is 0.504. The SMILES string of the molecule is CC1=NC2=C(C(=O)CCC2)[C@H](c2ccccc2OCc2ccccc2)C1C(=O)OC1CCCC1. The number of benzene rings is 2. The van der Waals surface area contributed by atoms with Gasteiger partial charge in [0.05, 0.1) is 0 Å². The average molecular weight is 458 g/mol. The van der Waals surface area contributed by atoms with Gasteiger partial charge < -0.3 is 9.47 Å². The van der Waals surface area contributed by atoms with Gasteiger partial charge in [-0.2, -0.15) is 0 Å². The molecule has 0 saturated heterocycles. The summed E-state index contributed by atoms with van der Waals surface area (Å²) in [6.07, 6.45) is 5.99. The highest BCUT2D eigenvalue weighted by molar-refractivity contribution is 6.09. The molecule has 3 aliphatic rings. The first-order chi connectivity index (χ1) is 16.6. The van der Waals surface area contributed by atoms with Crippen molar-refractivity contribution in [2.45, 2.75) is 70.5 Å². The van der Waals surface area contributed by atoms with Crippen molar-refractivity contribution in [3.05, 3.63) is 77.0 Å². The van der Waals surface area contributed by atoms with Crippen molar-refractivity contribution in [1.82, 2.24) is 0 Å². The second-order valence-electron chi connectivity index (χ2n) is 9.50. The molecule has 5 heteroatoms. The minimum absolute atomic E-state index is 0.0389. The van der Waals surface area contributed by atoms with Crippen molar-refractivity contribution in [2.24, 2.45) is 10.9 Å². The molecule has 34 heavy (non-hydrogen) atoms. The van der Waals surface area contributed by atoms with Gasteiger partial charge in [0.25, 0.3) is 0 Å². The summed E-state index contributed by atoms with van der Waals surface area (Å²) in [7, 11) is 0. The van der Waals surface area contributed by atoms with Gasteiger partial charge in [0.1, 0.15) is 24.4 Å². The number of nitrogens with zero attached hydrogens (tertiary/aromatic N) is 1. The second kappa shape index (κ2) is 9.96. The van der Waals surface area contributed by atoms with Crippen LogP contribution in [0.1, 0.15) is 68.9 Å². The predicted octanol–water partition coefficient (Wildman–Crippen LogP) is 5.93. The monoisotopic (exact) mass is 457 g/mol. The largest absolute Gasteiger partial charge is 0.489 e. The fourth-order valence-electron chi connectivity index (χ4n) is 5.50. The fraction of sp³-hybridized carbons (Fsp3) is 0.414. The van der Waals surface area contributed by atoms with Crippen LogP contribution < -0.4 is 4.74 Å². The van der Waals surface area contributed by atoms with Crippen LogP contribution >= 0.6 is 0 Å². The van der Waals surface area contributed by atoms with Crippen molar-refractivity contribution in [3.8, 4) is 5.75 Å². The van der Waals surface area contributed by atoms with Gasteiger partial charge in [-0.1, -0.05) is 48.5 Å². The highest BCUT2D eigenvalue weighted by atomic mass is 16.5. The summed E-state index contributed by atoms with van der Waals surface area (Å²) in [4.78, 5) is 31.5. The number of aliphatic imine (C=N–C) groups is 1. The van der Waals surface area contributed by atoms with Gasteiger partial charge in [-0.15, -0.1) is 0 Å². The average Bonchev–Trinajstić information content (AvgIpc) is 3.36. The number of ether oxygens (including phenoxy) is 2. The van der Waals surface area contributed by atoms with Crippen LogP contribution in [0.4, 0.5) is 0 Å². The van der Waals surface area contributed by atoms with Crippen LogP contribution in [0.15, 0.2) is 70.9 Å². The molecule has 2 atom stereocenters. The van der Waals surface area contributed by atoms with E-state index in [2.05, 4.69) is 0 Å². The van der Waals surface area contributed by atoms with Crippen molar-refractivity contribution in [1.29, 1.82) is 0 Å². The van der Waals surface area contributed by atoms with Gasteiger partial charge in [-0.25, -0.2) is 0 Å². The van der Waals surface area contributed by atoms with Gasteiger partial charge in [0.15, 0.2) is 5.78 Å². The number of carbonyl (C=O) groups is 2. The van der Waals surface area contributed by atoms with E-state index in [9.17, 15) is 9.59 Å². The van der Waals surface area contributed by atoms with E-state index in [0.717, 1.165) is 61.1 Å². The van der Waals surface area contributed by atoms with Crippen LogP contribution in [0.25, 0.3) is 0 Å². The molecule has 2 aliphatic carbocycles. The number of rotatable bonds is 6. The van der Waals surface area contributed by atoms with Crippen molar-refractivity contribution in [3.63, 3.8) is 0 Å². The first-order valence-electron chi connectivity index (χ1n) is 12.4. The van der Waals surface area contributed by atoms with Crippen molar-refractivity contribution < 1.29 is 19.1 Å². The topological polar surface area (TPSA) is 65.0 Å². The molecule has 1 saturated carbocycles. The molecule has 0 radical (unpaired) electrons. The molecule has 5 rings (SSSR count). The Morgan fingerprint density at radius 3 is 2.50 bits per heavy atom. The Balaban J connectivity index is 1.53. The molecule has 1 aliphatic heterocycles. The van der Waals surface area contributed by atoms with E-state index in [1.807, 2.05) is 61.5 Å². The maximum Gasteiger partial charge on any atom is 0.315 e. The lowest BCUT2D eigenvalue weighted by atomic mass is 9.71. The second-order valence-corrected chi connectivity index (χ2v) is 9.50. The lowest BCUT2D eigenvalue weighted by Crippen LogP contribution is -2.38. The predicted molar refractivity (Wildman–Crippen MR) is 131 cm³/mol. The highest BCUT2D eigenvalue weighted by Gasteiger charge is 2.44. The molecule has 2 aromatic rings. The molecule has 2 aromatic carbocycles. The Morgan fingerprint density at radius 2 is 1.71 bits per heavy atom. The van der Waals surface area contributed by atoms with Crippen LogP contribution in [0, 0.1) is 5.92 Å². The molecule has 1 fully saturated rings. The maximum absolute atomic E-state index is 13.5. The lowest BCUT2D eigenvalue weighted by Gasteiger charge is -2.35. The van der Waals surface area contributed by atoms with E-state index in [1.54, 1.807) is 0 Å². The van der Waals surface area contributed by atoms with Gasteiger partial charge in [0, 0.05) is 34.9 Å². The zero-order valence-electron chi connectivity index (χ0n) is 19.7. The van der Waals surface area contributed by atoms with E-state index in [1.165, 1.54) is 0 Å². The number of Topliss-reactive ketones (excluding diaryl/α,β-unsaturated/α-hetero) is 1. The Kier molecular flexibility index (Phi) is 6.61. The molecule has 1 unspecified atom stereocenters. The highest BCUT2D eigenvalue weighted by Crippen LogP contribution is 2.46. The van der Waals surface area contributed by atoms with E-state index < -0.39 is 11.8 Å². The third-order valence-electron chi connectivity index (χ3n) is 7.16. The molecule has 0 bridgehead atoms. The molecular formula is C29H31NO4. The first-order valence-corrected chi connectivity index (χ1v) is 12.4. The van der Waals surface area contributed by atoms with Gasteiger partial charge in [-0.05, 0) is 57.1 Å². The Labute approximate surface area is 200 Å². The molecule has 5 nitrogen and oxygen atoms in total. The van der Waals surface area contributed by atoms with Crippen LogP contribution in [0.5, 0.6) is 5.75 Å². The van der Waals surface area contributed by atoms with Crippen LogP contribution in [-0.2, 0) is 20.9 Å². The summed E-state index contributed by atoms with van der Waals surface area (Å²) < 4.78 is 12.2. The zero-order valence-corrected chi connectivity index (χ0v) is 19.7. The number of hydrogen-bond donors (Lipinski definition) is 0. The lowest BCUT2D eigenvalue weighted by molar-refractivity contribution is -0.151. The van der Waals surface area contributed by atoms with Crippen molar-refractivity contribution in [2.75, 3.05) is 0 Å². The third-order valence-corrected chi connectivity index (χ3v) is 7.16. The smallest absolute Gasteiger partial charge is 0.315 e. The van der Waals surface area contributed by atoms with Crippen LogP contribution in [0.2, 0.25) is 0 Å². The van der Waals surface area contributed by atoms with Gasteiger partial charge >= 0.3 is 5.97 Å². The summed E-state index contributed by atoms with van der Waals surface area (Å²) in [5, 5.41) is 0. The molecule has 0 spiro atoms. The third kappa shape index (κ3) is 4.56. The number of allylic oxidation sites excluding steroid dienone is 2. The fourth-order valence-corrected chi connectivity index (χ4v) is 5.50. The summed E-state index contributed by atoms with van der Waals surface area (Å²) in [5.41, 5.74) is 4.12. The number of carbonyl (C=O) groups excluding carboxylic acids is 2. The van der Waals surface area contributed by atoms with Crippen LogP contribution in [-0.4, -0.2) is 23.6 Å². The minimum Gasteiger partial charge on any atom is -0.489 e. The summed E-state index contributed by atoms with van der Waals surface area (Å²) in [6.45, 7) is 2.30. The van der Waals surface area contributed by atoms with E-state index in [-0.39, 0.29) is 17.9 Å². The van der Waals surface area contributed by atoms with Gasteiger partial charge in [0.2, 0.25) is 0 Å². The first kappa shape index (κ1) is 22.6. The molecule has 1 heterocycles. The number of hydrogen-bond acceptors (Lipinski definition) is 5. The zero-order chi connectivity index (χ0) is 23.5. The standard InChI is InChI=1S/C29H31NO4/c1-19-26(29(32)34-21-12-5-6-13-21)27(28-23(30-19)15-9-16-24(28)31)22-14-7-8-17-25(22)33-18-20-10-3-2-4-11-20/h2-4,7-8,10-11,14,17,21,26-27H,5-6,9,12-13,15-16,18H2,1H3/t26?,27-/m1/s1. The molecular weight excluding hydrogens is 426 g/mol. The maximum atomic E-state index is 13.5. The number of para-hydroxylation sites is 1. The van der Waals surface area contributed by atoms with E-state index in [0.29, 0.717) is 24.4 Å². The number of ketones is 1. The minimum atomic E-state index is -0.622. The molecule has 0 aromatic heterocycles. The van der Waals surface area contributed by atoms with E-state index in [4.69, 9.17) is 14.5 Å². The van der Waals surface area contributed by atoms with Gasteiger partial charge in [-0.3, -0.25) is 14.6 Å². The van der Waals surface area contributed by atoms with E-state index >= 15 is 0 Å². The van der Waals surface area contributed by atoms with Crippen LogP contribution in [0.3, 0.4) is 0 Å². The Morgan fingerprint density at radius 1 is 0.971 bits per heavy atom. The molecule has 176 valence electrons. The summed E-state index contributed by atoms with van der Waals surface area (Å²) in [5.74, 6) is -0.570. The summed E-state index contributed by atoms with van der Waals surface area (Å²) >= 11 is 0. The normalized spacial score (nSPS) is 22.9. The Bertz CT molecular complexity index is 1130. The number of esters is 1. The Hall–Kier alpha value is -3.21. The van der Waals surface area contributed by atoms with Crippen molar-refractivity contribution >= 4 is 17.5 Å².